The van der Waals surface area contributed by atoms with E-state index < -0.39 is 162 Å². The molecule has 0 aromatic heterocycles. The number of rotatable bonds is 31. The first kappa shape index (κ1) is 75.5. The zero-order chi connectivity index (χ0) is 64.5. The first-order chi connectivity index (χ1) is 40.8. The Bertz CT molecular complexity index is 2380. The van der Waals surface area contributed by atoms with Gasteiger partial charge in [0.05, 0.1) is 48.2 Å². The lowest BCUT2D eigenvalue weighted by molar-refractivity contribution is -0.137. The van der Waals surface area contributed by atoms with Crippen molar-refractivity contribution in [2.24, 2.45) is 58.3 Å². The molecule has 1 aromatic carbocycles. The number of unbranched alkanes of at least 4 members (excludes halogenated alkanes) is 2. The zero-order valence-electron chi connectivity index (χ0n) is 50.8. The number of aliphatic hydroxyl groups excluding tert-OH is 2. The number of hydrogen-bond donors (Lipinski definition) is 15. The van der Waals surface area contributed by atoms with Crippen LogP contribution in [0.15, 0.2) is 30.3 Å². The van der Waals surface area contributed by atoms with Crippen LogP contribution in [0.2, 0.25) is 0 Å². The number of amides is 8. The highest BCUT2D eigenvalue weighted by molar-refractivity contribution is 5.99. The monoisotopic (exact) mass is 1210 g/mol. The fourth-order valence-electron chi connectivity index (χ4n) is 10.0. The molecule has 2 rings (SSSR count). The molecular weight excluding hydrogens is 1110 g/mol. The number of carbonyl (C=O) groups excluding carboxylic acids is 12. The first-order valence-electron chi connectivity index (χ1n) is 30.1. The van der Waals surface area contributed by atoms with E-state index in [0.29, 0.717) is 31.4 Å². The molecule has 1 aliphatic rings. The van der Waals surface area contributed by atoms with Crippen LogP contribution in [0.5, 0.6) is 0 Å². The van der Waals surface area contributed by atoms with Crippen LogP contribution in [0.1, 0.15) is 136 Å². The Morgan fingerprint density at radius 1 is 0.616 bits per heavy atom. The number of aliphatic hydroxyl groups is 2. The molecule has 1 saturated heterocycles. The minimum atomic E-state index is -1.45. The van der Waals surface area contributed by atoms with E-state index >= 15 is 0 Å². The molecule has 0 spiro atoms. The predicted octanol–water partition coefficient (Wildman–Crippen LogP) is -2.79. The zero-order valence-corrected chi connectivity index (χ0v) is 50.8. The summed E-state index contributed by atoms with van der Waals surface area (Å²) in [5, 5.41) is 43.0. The van der Waals surface area contributed by atoms with Gasteiger partial charge >= 0.3 is 0 Å². The van der Waals surface area contributed by atoms with Crippen LogP contribution in [0.25, 0.3) is 0 Å². The molecule has 27 nitrogen and oxygen atoms in total. The molecule has 484 valence electrons. The van der Waals surface area contributed by atoms with Crippen molar-refractivity contribution in [1.29, 1.82) is 0 Å². The summed E-state index contributed by atoms with van der Waals surface area (Å²) in [6, 6.07) is 1.04. The summed E-state index contributed by atoms with van der Waals surface area (Å²) < 4.78 is 0. The van der Waals surface area contributed by atoms with Crippen molar-refractivity contribution >= 4 is 70.4 Å². The van der Waals surface area contributed by atoms with Gasteiger partial charge in [-0.15, -0.1) is 0 Å². The van der Waals surface area contributed by atoms with Gasteiger partial charge in [-0.3, -0.25) is 57.5 Å². The van der Waals surface area contributed by atoms with Crippen LogP contribution in [0, 0.1) is 29.6 Å². The summed E-state index contributed by atoms with van der Waals surface area (Å²) >= 11 is 0. The van der Waals surface area contributed by atoms with Gasteiger partial charge in [0, 0.05) is 64.0 Å². The molecule has 0 unspecified atom stereocenters. The standard InChI is InChI=1S/C59H99N13O14/c1-34(2)28-48-59(86)71-47(19-25-64)58(85)70-46(18-24-63)52(79)32-41(35(3)73)56(83)66-27-20-39(54(81)68-44(16-22-61)50(77)31-40(55(82)72-48)29-38-12-8-6-9-13-38)30-49(76)45(17-23-62)69-57(84)42(36(4)74)33-51(78)43(15-21-60)67-53(80)14-10-7-11-26-65-37(5)75/h6,8-9,12-13,34-36,39-48,73-74H,7,10-11,14-33,60-64H2,1-5H3,(H,65,75)(H,66,83)(H,67,80)(H,68,81)(H,69,84)(H,70,85)(H,71,86)(H,72,82)/t35-,36-,39-,40+,41+,42+,43+,44+,45+,46+,47+,48+/m1/s1. The molecule has 1 aliphatic heterocycles. The third-order valence-corrected chi connectivity index (χ3v) is 15.0. The summed E-state index contributed by atoms with van der Waals surface area (Å²) in [5.74, 6) is -13.7. The van der Waals surface area contributed by atoms with E-state index in [9.17, 15) is 67.7 Å². The predicted molar refractivity (Wildman–Crippen MR) is 320 cm³/mol. The van der Waals surface area contributed by atoms with Crippen LogP contribution in [0.3, 0.4) is 0 Å². The summed E-state index contributed by atoms with van der Waals surface area (Å²) in [6.45, 7) is 7.17. The molecule has 1 aromatic rings. The maximum Gasteiger partial charge on any atom is 0.243 e. The van der Waals surface area contributed by atoms with Crippen LogP contribution < -0.4 is 71.2 Å². The summed E-state index contributed by atoms with van der Waals surface area (Å²) in [4.78, 5) is 166. The van der Waals surface area contributed by atoms with Crippen molar-refractivity contribution in [2.45, 2.75) is 186 Å². The van der Waals surface area contributed by atoms with Gasteiger partial charge < -0.3 is 81.4 Å². The molecule has 0 saturated carbocycles. The van der Waals surface area contributed by atoms with Gasteiger partial charge in [-0.2, -0.15) is 0 Å². The van der Waals surface area contributed by atoms with Gasteiger partial charge in [0.1, 0.15) is 12.1 Å². The maximum atomic E-state index is 14.6. The van der Waals surface area contributed by atoms with Crippen molar-refractivity contribution in [3.63, 3.8) is 0 Å². The molecule has 0 bridgehead atoms. The van der Waals surface area contributed by atoms with E-state index in [2.05, 4.69) is 42.5 Å². The smallest absolute Gasteiger partial charge is 0.243 e. The Kier molecular flexibility index (Phi) is 35.7. The minimum absolute atomic E-state index is 0.00375. The average Bonchev–Trinajstić information content (AvgIpc) is 3.67. The largest absolute Gasteiger partial charge is 0.393 e. The third kappa shape index (κ3) is 27.8. The fourth-order valence-corrected chi connectivity index (χ4v) is 10.0. The van der Waals surface area contributed by atoms with Gasteiger partial charge in [-0.25, -0.2) is 0 Å². The highest BCUT2D eigenvalue weighted by atomic mass is 16.3. The Morgan fingerprint density at radius 3 is 1.71 bits per heavy atom. The van der Waals surface area contributed by atoms with E-state index in [4.69, 9.17) is 28.7 Å². The topological polar surface area (TPSA) is 472 Å². The highest BCUT2D eigenvalue weighted by Crippen LogP contribution is 2.21. The van der Waals surface area contributed by atoms with Gasteiger partial charge in [0.25, 0.3) is 0 Å². The van der Waals surface area contributed by atoms with Crippen molar-refractivity contribution in [3.05, 3.63) is 35.9 Å². The van der Waals surface area contributed by atoms with Crippen LogP contribution >= 0.6 is 0 Å². The number of Topliss-reactive ketones (excluding diaryl/α,β-unsaturated/α-hetero) is 4. The maximum absolute atomic E-state index is 14.6. The molecule has 1 fully saturated rings. The fraction of sp³-hybridized carbons (Fsp3) is 0.695. The van der Waals surface area contributed by atoms with Gasteiger partial charge in [0.15, 0.2) is 23.1 Å². The van der Waals surface area contributed by atoms with Crippen LogP contribution in [-0.4, -0.2) is 175 Å². The molecule has 86 heavy (non-hydrogen) atoms. The first-order valence-corrected chi connectivity index (χ1v) is 30.1. The second-order valence-electron chi connectivity index (χ2n) is 22.8. The Balaban J connectivity index is 2.65. The van der Waals surface area contributed by atoms with Gasteiger partial charge in [-0.05, 0) is 122 Å². The molecular formula is C59H99N13O14. The Morgan fingerprint density at radius 2 is 1.15 bits per heavy atom. The second kappa shape index (κ2) is 40.7. The highest BCUT2D eigenvalue weighted by Gasteiger charge is 2.38. The third-order valence-electron chi connectivity index (χ3n) is 15.0. The van der Waals surface area contributed by atoms with Crippen LogP contribution in [0.4, 0.5) is 0 Å². The van der Waals surface area contributed by atoms with E-state index in [1.54, 1.807) is 30.3 Å². The number of hydrogen-bond acceptors (Lipinski definition) is 19. The van der Waals surface area contributed by atoms with Crippen molar-refractivity contribution < 1.29 is 67.7 Å². The number of nitrogens with one attached hydrogen (secondary N) is 8. The van der Waals surface area contributed by atoms with E-state index in [1.165, 1.54) is 20.8 Å². The van der Waals surface area contributed by atoms with Gasteiger partial charge in [0.2, 0.25) is 47.3 Å². The molecule has 1 heterocycles. The second-order valence-corrected chi connectivity index (χ2v) is 22.8. The summed E-state index contributed by atoms with van der Waals surface area (Å²) in [7, 11) is 0. The van der Waals surface area contributed by atoms with Crippen molar-refractivity contribution in [3.8, 4) is 0 Å². The lowest BCUT2D eigenvalue weighted by Gasteiger charge is -2.28. The molecule has 20 N–H and O–H groups in total. The van der Waals surface area contributed by atoms with Crippen LogP contribution in [-0.2, 0) is 64.0 Å². The minimum Gasteiger partial charge on any atom is -0.393 e. The normalized spacial score (nSPS) is 22.6. The molecule has 0 aliphatic carbocycles. The molecule has 27 heteroatoms. The molecule has 12 atom stereocenters. The van der Waals surface area contributed by atoms with Gasteiger partial charge in [-0.1, -0.05) is 50.6 Å². The van der Waals surface area contributed by atoms with E-state index in [-0.39, 0.29) is 109 Å². The Labute approximate surface area is 504 Å². The number of nitrogens with two attached hydrogens (primary N) is 5. The quantitative estimate of drug-likeness (QED) is 0.0334. The summed E-state index contributed by atoms with van der Waals surface area (Å²) in [6.07, 6.45) is -4.12. The SMILES string of the molecule is CC(=O)NCCCCCC(=O)N[C@@H](CCN)C(=O)C[C@H](C(=O)N[C@@H](CCN)C(=O)C[C@H]1CCNC(=O)[C@H]([C@@H](C)O)CC(=O)[C@H](CCN)NC(=O)[C@H](CCN)NC(=O)[C@H](CC(C)C)NC(=O)[C@@H](Cc2ccccc2)CC(=O)[C@H](CCN)NC1=O)[C@@H](C)O. The number of benzene rings is 1. The molecule has 0 radical (unpaired) electrons. The number of carbonyl (C=O) groups is 12. The van der Waals surface area contributed by atoms with Crippen molar-refractivity contribution in [1.82, 2.24) is 42.5 Å². The Hall–Kier alpha value is -6.62. The lowest BCUT2D eigenvalue weighted by Crippen LogP contribution is -2.57. The lowest BCUT2D eigenvalue weighted by atomic mass is 9.89. The van der Waals surface area contributed by atoms with E-state index in [1.807, 2.05) is 13.8 Å². The molecule has 8 amide bonds. The van der Waals surface area contributed by atoms with E-state index in [0.717, 1.165) is 0 Å². The van der Waals surface area contributed by atoms with Crippen molar-refractivity contribution in [2.75, 3.05) is 45.8 Å². The summed E-state index contributed by atoms with van der Waals surface area (Å²) in [5.41, 5.74) is 30.2. The average molecular weight is 1210 g/mol. The number of ketones is 4.